The van der Waals surface area contributed by atoms with Crippen LogP contribution in [-0.2, 0) is 4.79 Å². The molecule has 0 saturated carbocycles. The molecule has 3 rings (SSSR count). The Hall–Kier alpha value is -3.67. The lowest BCUT2D eigenvalue weighted by molar-refractivity contribution is -0.116. The van der Waals surface area contributed by atoms with Gasteiger partial charge in [0.1, 0.15) is 5.76 Å². The number of carbonyl (C=O) groups excluding carboxylic acids is 1. The molecule has 0 radical (unpaired) electrons. The number of amides is 1. The van der Waals surface area contributed by atoms with E-state index in [2.05, 4.69) is 11.9 Å². The van der Waals surface area contributed by atoms with Crippen LogP contribution in [0.2, 0.25) is 0 Å². The highest BCUT2D eigenvalue weighted by Crippen LogP contribution is 2.37. The number of carbonyl (C=O) groups is 1. The zero-order valence-electron chi connectivity index (χ0n) is 13.8. The van der Waals surface area contributed by atoms with Crippen molar-refractivity contribution < 1.29 is 24.5 Å². The molecular formula is C20H17NO5. The Balaban J connectivity index is 2.01. The van der Waals surface area contributed by atoms with Gasteiger partial charge in [-0.15, -0.1) is 6.58 Å². The average Bonchev–Trinajstić information content (AvgIpc) is 3.08. The lowest BCUT2D eigenvalue weighted by atomic mass is 10.1. The fourth-order valence-corrected chi connectivity index (χ4v) is 2.49. The molecular weight excluding hydrogens is 334 g/mol. The third-order valence-corrected chi connectivity index (χ3v) is 3.79. The summed E-state index contributed by atoms with van der Waals surface area (Å²) in [5.41, 5.74) is 1.49. The monoisotopic (exact) mass is 351 g/mol. The van der Waals surface area contributed by atoms with E-state index in [4.69, 9.17) is 4.42 Å². The highest BCUT2D eigenvalue weighted by molar-refractivity contribution is 5.98. The first-order chi connectivity index (χ1) is 12.5. The van der Waals surface area contributed by atoms with Crippen LogP contribution in [0.1, 0.15) is 5.56 Å². The van der Waals surface area contributed by atoms with E-state index < -0.39 is 0 Å². The van der Waals surface area contributed by atoms with Gasteiger partial charge in [0.05, 0.1) is 0 Å². The molecule has 0 aliphatic heterocycles. The van der Waals surface area contributed by atoms with Gasteiger partial charge in [0.15, 0.2) is 22.8 Å². The van der Waals surface area contributed by atoms with Crippen LogP contribution in [0, 0.1) is 0 Å². The smallest absolute Gasteiger partial charge is 0.244 e. The Labute approximate surface area is 149 Å². The molecule has 6 heteroatoms. The van der Waals surface area contributed by atoms with Crippen LogP contribution in [0.3, 0.4) is 0 Å². The van der Waals surface area contributed by atoms with E-state index in [0.29, 0.717) is 28.8 Å². The molecule has 1 heterocycles. The molecule has 0 aliphatic carbocycles. The van der Waals surface area contributed by atoms with Crippen LogP contribution in [0.4, 0.5) is 0 Å². The predicted molar refractivity (Wildman–Crippen MR) is 98.9 cm³/mol. The maximum Gasteiger partial charge on any atom is 0.244 e. The van der Waals surface area contributed by atoms with Gasteiger partial charge in [0, 0.05) is 23.6 Å². The quantitative estimate of drug-likeness (QED) is 0.320. The van der Waals surface area contributed by atoms with Gasteiger partial charge in [0.25, 0.3) is 0 Å². The van der Waals surface area contributed by atoms with Crippen molar-refractivity contribution in [2.24, 2.45) is 0 Å². The van der Waals surface area contributed by atoms with Crippen molar-refractivity contribution in [2.75, 3.05) is 6.54 Å². The summed E-state index contributed by atoms with van der Waals surface area (Å²) < 4.78 is 5.70. The van der Waals surface area contributed by atoms with E-state index in [-0.39, 0.29) is 28.7 Å². The van der Waals surface area contributed by atoms with Crippen molar-refractivity contribution >= 4 is 23.0 Å². The minimum absolute atomic E-state index is 0.0393. The van der Waals surface area contributed by atoms with Crippen molar-refractivity contribution in [3.63, 3.8) is 0 Å². The fraction of sp³-hybridized carbons (Fsp3) is 0.0500. The van der Waals surface area contributed by atoms with E-state index in [1.165, 1.54) is 24.3 Å². The van der Waals surface area contributed by atoms with Crippen LogP contribution in [-0.4, -0.2) is 27.8 Å². The number of hydrogen-bond donors (Lipinski definition) is 4. The number of hydrogen-bond acceptors (Lipinski definition) is 5. The number of phenolic OH excluding ortho intramolecular Hbond substituents is 3. The molecule has 4 N–H and O–H groups in total. The summed E-state index contributed by atoms with van der Waals surface area (Å²) in [6.45, 7) is 3.90. The van der Waals surface area contributed by atoms with Crippen LogP contribution in [0.25, 0.3) is 28.4 Å². The molecule has 0 unspecified atom stereocenters. The molecule has 0 saturated heterocycles. The van der Waals surface area contributed by atoms with Crippen molar-refractivity contribution in [3.8, 4) is 28.6 Å². The minimum Gasteiger partial charge on any atom is -0.504 e. The molecule has 1 amide bonds. The van der Waals surface area contributed by atoms with Gasteiger partial charge in [-0.3, -0.25) is 4.79 Å². The summed E-state index contributed by atoms with van der Waals surface area (Å²) in [5.74, 6) is -0.406. The summed E-state index contributed by atoms with van der Waals surface area (Å²) in [7, 11) is 0. The zero-order chi connectivity index (χ0) is 18.7. The number of rotatable bonds is 5. The Morgan fingerprint density at radius 1 is 1.08 bits per heavy atom. The van der Waals surface area contributed by atoms with Crippen molar-refractivity contribution in [3.05, 3.63) is 60.7 Å². The molecule has 26 heavy (non-hydrogen) atoms. The number of furan rings is 1. The molecule has 0 spiro atoms. The van der Waals surface area contributed by atoms with Gasteiger partial charge in [0.2, 0.25) is 5.91 Å². The van der Waals surface area contributed by atoms with Crippen LogP contribution in [0.5, 0.6) is 17.2 Å². The molecule has 1 aromatic heterocycles. The highest BCUT2D eigenvalue weighted by Gasteiger charge is 2.13. The Morgan fingerprint density at radius 3 is 2.58 bits per heavy atom. The van der Waals surface area contributed by atoms with E-state index in [9.17, 15) is 20.1 Å². The third kappa shape index (κ3) is 3.39. The lowest BCUT2D eigenvalue weighted by Crippen LogP contribution is -2.20. The van der Waals surface area contributed by atoms with E-state index >= 15 is 0 Å². The molecule has 0 atom stereocenters. The molecule has 6 nitrogen and oxygen atoms in total. The predicted octanol–water partition coefficient (Wildman–Crippen LogP) is 3.53. The topological polar surface area (TPSA) is 103 Å². The molecule has 0 bridgehead atoms. The highest BCUT2D eigenvalue weighted by atomic mass is 16.4. The van der Waals surface area contributed by atoms with Gasteiger partial charge in [-0.1, -0.05) is 12.1 Å². The summed E-state index contributed by atoms with van der Waals surface area (Å²) in [4.78, 5) is 11.7. The first-order valence-corrected chi connectivity index (χ1v) is 7.84. The fourth-order valence-electron chi connectivity index (χ4n) is 2.49. The average molecular weight is 351 g/mol. The lowest BCUT2D eigenvalue weighted by Gasteiger charge is -2.00. The SMILES string of the molecule is C=CCNC(=O)/C=C/c1ccc(O)c2oc(-c3ccc(O)c(O)c3)cc12. The zero-order valence-corrected chi connectivity index (χ0v) is 13.8. The molecule has 3 aromatic rings. The van der Waals surface area contributed by atoms with Gasteiger partial charge < -0.3 is 25.1 Å². The Morgan fingerprint density at radius 2 is 1.85 bits per heavy atom. The maximum atomic E-state index is 11.7. The second kappa shape index (κ2) is 7.06. The number of benzene rings is 2. The molecule has 2 aromatic carbocycles. The summed E-state index contributed by atoms with van der Waals surface area (Å²) in [6, 6.07) is 9.14. The summed E-state index contributed by atoms with van der Waals surface area (Å²) in [6.07, 6.45) is 4.59. The number of phenols is 3. The molecule has 0 aliphatic rings. The molecule has 132 valence electrons. The van der Waals surface area contributed by atoms with E-state index in [0.717, 1.165) is 0 Å². The first-order valence-electron chi connectivity index (χ1n) is 7.84. The Bertz CT molecular complexity index is 1020. The van der Waals surface area contributed by atoms with Crippen LogP contribution < -0.4 is 5.32 Å². The number of nitrogens with one attached hydrogen (secondary N) is 1. The molecule has 0 fully saturated rings. The number of aromatic hydroxyl groups is 3. The largest absolute Gasteiger partial charge is 0.504 e. The summed E-state index contributed by atoms with van der Waals surface area (Å²) >= 11 is 0. The van der Waals surface area contributed by atoms with Gasteiger partial charge >= 0.3 is 0 Å². The van der Waals surface area contributed by atoms with Crippen LogP contribution in [0.15, 0.2) is 59.5 Å². The normalized spacial score (nSPS) is 11.1. The van der Waals surface area contributed by atoms with Gasteiger partial charge in [-0.05, 0) is 42.0 Å². The van der Waals surface area contributed by atoms with Crippen LogP contribution >= 0.6 is 0 Å². The second-order valence-electron chi connectivity index (χ2n) is 5.60. The van der Waals surface area contributed by atoms with E-state index in [1.807, 2.05) is 0 Å². The Kier molecular flexibility index (Phi) is 4.66. The minimum atomic E-state index is -0.272. The third-order valence-electron chi connectivity index (χ3n) is 3.79. The van der Waals surface area contributed by atoms with Crippen molar-refractivity contribution in [1.29, 1.82) is 0 Å². The first kappa shape index (κ1) is 17.2. The summed E-state index contributed by atoms with van der Waals surface area (Å²) in [5, 5.41) is 32.4. The van der Waals surface area contributed by atoms with Gasteiger partial charge in [-0.2, -0.15) is 0 Å². The maximum absolute atomic E-state index is 11.7. The number of fused-ring (bicyclic) bond motifs is 1. The second-order valence-corrected chi connectivity index (χ2v) is 5.60. The van der Waals surface area contributed by atoms with Crippen molar-refractivity contribution in [1.82, 2.24) is 5.32 Å². The standard InChI is InChI=1S/C20H17NO5/c1-2-9-21-19(25)8-5-12-3-7-16(23)20-14(12)11-18(26-20)13-4-6-15(22)17(24)10-13/h2-8,10-11,22-24H,1,9H2,(H,21,25)/b8-5+. The van der Waals surface area contributed by atoms with Gasteiger partial charge in [-0.25, -0.2) is 0 Å². The van der Waals surface area contributed by atoms with E-state index in [1.54, 1.807) is 30.4 Å². The van der Waals surface area contributed by atoms with Crippen molar-refractivity contribution in [2.45, 2.75) is 0 Å².